The third-order valence-corrected chi connectivity index (χ3v) is 3.79. The van der Waals surface area contributed by atoms with Gasteiger partial charge in [-0.2, -0.15) is 0 Å². The Labute approximate surface area is 123 Å². The van der Waals surface area contributed by atoms with Gasteiger partial charge in [0.05, 0.1) is 23.9 Å². The maximum Gasteiger partial charge on any atom is 0.162 e. The topological polar surface area (TPSA) is 30.5 Å². The molecule has 0 fully saturated rings. The Kier molecular flexibility index (Phi) is 3.45. The second-order valence-corrected chi connectivity index (χ2v) is 5.27. The van der Waals surface area contributed by atoms with Crippen LogP contribution in [0.5, 0.6) is 11.5 Å². The van der Waals surface area contributed by atoms with Crippen LogP contribution in [-0.2, 0) is 0 Å². The average Bonchev–Trinajstić information content (AvgIpc) is 2.47. The van der Waals surface area contributed by atoms with Crippen LogP contribution in [0.2, 0.25) is 5.02 Å². The first-order valence-corrected chi connectivity index (χ1v) is 6.92. The Morgan fingerprint density at radius 1 is 1.15 bits per heavy atom. The molecule has 0 saturated heterocycles. The molecule has 4 heteroatoms. The van der Waals surface area contributed by atoms with Crippen molar-refractivity contribution in [3.05, 3.63) is 53.1 Å². The van der Waals surface area contributed by atoms with Crippen LogP contribution in [0.4, 0.5) is 5.69 Å². The first-order valence-electron chi connectivity index (χ1n) is 6.54. The van der Waals surface area contributed by atoms with Gasteiger partial charge >= 0.3 is 0 Å². The van der Waals surface area contributed by atoms with Gasteiger partial charge in [0.2, 0.25) is 0 Å². The molecule has 3 nitrogen and oxygen atoms in total. The highest BCUT2D eigenvalue weighted by Gasteiger charge is 2.28. The van der Waals surface area contributed by atoms with Crippen LogP contribution in [0.3, 0.4) is 0 Å². The fourth-order valence-corrected chi connectivity index (χ4v) is 2.66. The predicted octanol–water partition coefficient (Wildman–Crippen LogP) is 4.28. The largest absolute Gasteiger partial charge is 0.497 e. The Balaban J connectivity index is 1.93. The van der Waals surface area contributed by atoms with Gasteiger partial charge in [-0.25, -0.2) is 0 Å². The maximum atomic E-state index is 6.21. The number of para-hydroxylation sites is 1. The van der Waals surface area contributed by atoms with Crippen molar-refractivity contribution in [2.24, 2.45) is 0 Å². The summed E-state index contributed by atoms with van der Waals surface area (Å²) in [5.74, 6) is 1.55. The lowest BCUT2D eigenvalue weighted by Gasteiger charge is -2.33. The van der Waals surface area contributed by atoms with Gasteiger partial charge in [-0.1, -0.05) is 29.8 Å². The van der Waals surface area contributed by atoms with Gasteiger partial charge in [-0.3, -0.25) is 0 Å². The van der Waals surface area contributed by atoms with E-state index in [4.69, 9.17) is 21.1 Å². The highest BCUT2D eigenvalue weighted by molar-refractivity contribution is 6.32. The van der Waals surface area contributed by atoms with Gasteiger partial charge in [-0.15, -0.1) is 0 Å². The molecule has 0 bridgehead atoms. The fraction of sp³-hybridized carbons (Fsp3) is 0.250. The van der Waals surface area contributed by atoms with Crippen molar-refractivity contribution in [2.45, 2.75) is 19.1 Å². The molecule has 0 aliphatic carbocycles. The normalized spacial score (nSPS) is 20.6. The fourth-order valence-electron chi connectivity index (χ4n) is 2.44. The summed E-state index contributed by atoms with van der Waals surface area (Å²) >= 11 is 6.21. The number of hydrogen-bond acceptors (Lipinski definition) is 3. The number of anilines is 1. The van der Waals surface area contributed by atoms with E-state index in [1.54, 1.807) is 7.11 Å². The number of fused-ring (bicyclic) bond motifs is 1. The van der Waals surface area contributed by atoms with Crippen LogP contribution in [0, 0.1) is 0 Å². The minimum absolute atomic E-state index is 0.0756. The molecule has 0 amide bonds. The summed E-state index contributed by atoms with van der Waals surface area (Å²) in [5, 5.41) is 4.06. The van der Waals surface area contributed by atoms with Crippen molar-refractivity contribution in [3.8, 4) is 11.5 Å². The molecular formula is C16H16ClNO2. The van der Waals surface area contributed by atoms with Crippen molar-refractivity contribution in [2.75, 3.05) is 12.4 Å². The van der Waals surface area contributed by atoms with Gasteiger partial charge in [-0.05, 0) is 36.8 Å². The Morgan fingerprint density at radius 2 is 1.90 bits per heavy atom. The van der Waals surface area contributed by atoms with E-state index in [0.717, 1.165) is 17.0 Å². The second kappa shape index (κ2) is 5.25. The van der Waals surface area contributed by atoms with Crippen LogP contribution in [0.1, 0.15) is 18.6 Å². The summed E-state index contributed by atoms with van der Waals surface area (Å²) in [4.78, 5) is 0. The summed E-state index contributed by atoms with van der Waals surface area (Å²) in [6.07, 6.45) is -0.0756. The third kappa shape index (κ3) is 2.29. The summed E-state index contributed by atoms with van der Waals surface area (Å²) in [6.45, 7) is 2.10. The van der Waals surface area contributed by atoms with Crippen molar-refractivity contribution in [1.82, 2.24) is 0 Å². The highest BCUT2D eigenvalue weighted by atomic mass is 35.5. The van der Waals surface area contributed by atoms with Crippen molar-refractivity contribution < 1.29 is 9.47 Å². The van der Waals surface area contributed by atoms with Crippen molar-refractivity contribution in [1.29, 1.82) is 0 Å². The number of rotatable bonds is 2. The molecule has 2 unspecified atom stereocenters. The number of nitrogens with one attached hydrogen (secondary N) is 1. The van der Waals surface area contributed by atoms with Gasteiger partial charge in [0, 0.05) is 0 Å². The van der Waals surface area contributed by atoms with E-state index in [0.29, 0.717) is 10.8 Å². The number of ether oxygens (including phenoxy) is 2. The zero-order valence-corrected chi connectivity index (χ0v) is 12.1. The minimum Gasteiger partial charge on any atom is -0.497 e. The standard InChI is InChI=1S/C16H16ClNO2/c1-10-15(11-6-8-12(19-2)9-7-11)20-16-13(17)4-3-5-14(16)18-10/h3-10,15,18H,1-2H3. The highest BCUT2D eigenvalue weighted by Crippen LogP contribution is 2.41. The molecule has 1 aliphatic heterocycles. The molecule has 1 aliphatic rings. The molecule has 3 rings (SSSR count). The quantitative estimate of drug-likeness (QED) is 0.895. The SMILES string of the molecule is COc1ccc(C2Oc3c(Cl)cccc3NC2C)cc1. The van der Waals surface area contributed by atoms with Gasteiger partial charge < -0.3 is 14.8 Å². The molecular weight excluding hydrogens is 274 g/mol. The number of methoxy groups -OCH3 is 1. The summed E-state index contributed by atoms with van der Waals surface area (Å²) in [5.41, 5.74) is 2.03. The minimum atomic E-state index is -0.0756. The number of hydrogen-bond donors (Lipinski definition) is 1. The lowest BCUT2D eigenvalue weighted by molar-refractivity contribution is 0.178. The first kappa shape index (κ1) is 13.1. The van der Waals surface area contributed by atoms with E-state index in [2.05, 4.69) is 12.2 Å². The Morgan fingerprint density at radius 3 is 2.60 bits per heavy atom. The number of halogens is 1. The monoisotopic (exact) mass is 289 g/mol. The molecule has 0 saturated carbocycles. The van der Waals surface area contributed by atoms with Gasteiger partial charge in [0.15, 0.2) is 5.75 Å². The Hall–Kier alpha value is -1.87. The van der Waals surface area contributed by atoms with E-state index in [9.17, 15) is 0 Å². The van der Waals surface area contributed by atoms with Crippen molar-refractivity contribution >= 4 is 17.3 Å². The lowest BCUT2D eigenvalue weighted by Crippen LogP contribution is -2.32. The average molecular weight is 290 g/mol. The second-order valence-electron chi connectivity index (χ2n) is 4.86. The van der Waals surface area contributed by atoms with E-state index in [1.807, 2.05) is 42.5 Å². The van der Waals surface area contributed by atoms with Gasteiger partial charge in [0.25, 0.3) is 0 Å². The smallest absolute Gasteiger partial charge is 0.162 e. The molecule has 1 N–H and O–H groups in total. The zero-order chi connectivity index (χ0) is 14.1. The summed E-state index contributed by atoms with van der Waals surface area (Å²) < 4.78 is 11.3. The molecule has 0 aromatic heterocycles. The maximum absolute atomic E-state index is 6.21. The molecule has 0 spiro atoms. The van der Waals surface area contributed by atoms with Gasteiger partial charge in [0.1, 0.15) is 11.9 Å². The zero-order valence-electron chi connectivity index (χ0n) is 11.4. The van der Waals surface area contributed by atoms with E-state index >= 15 is 0 Å². The molecule has 2 aromatic carbocycles. The molecule has 2 atom stereocenters. The van der Waals surface area contributed by atoms with Crippen LogP contribution < -0.4 is 14.8 Å². The Bertz CT molecular complexity index is 612. The molecule has 104 valence electrons. The van der Waals surface area contributed by atoms with Crippen LogP contribution in [-0.4, -0.2) is 13.2 Å². The number of benzene rings is 2. The van der Waals surface area contributed by atoms with Crippen LogP contribution in [0.15, 0.2) is 42.5 Å². The molecule has 2 aromatic rings. The van der Waals surface area contributed by atoms with E-state index in [-0.39, 0.29) is 12.1 Å². The summed E-state index contributed by atoms with van der Waals surface area (Å²) in [7, 11) is 1.66. The first-order chi connectivity index (χ1) is 9.69. The third-order valence-electron chi connectivity index (χ3n) is 3.49. The molecule has 0 radical (unpaired) electrons. The molecule has 1 heterocycles. The van der Waals surface area contributed by atoms with E-state index in [1.165, 1.54) is 0 Å². The lowest BCUT2D eigenvalue weighted by atomic mass is 10.0. The predicted molar refractivity (Wildman–Crippen MR) is 80.9 cm³/mol. The summed E-state index contributed by atoms with van der Waals surface area (Å²) in [6, 6.07) is 13.8. The molecule has 20 heavy (non-hydrogen) atoms. The van der Waals surface area contributed by atoms with Crippen LogP contribution in [0.25, 0.3) is 0 Å². The van der Waals surface area contributed by atoms with Crippen LogP contribution >= 0.6 is 11.6 Å². The van der Waals surface area contributed by atoms with Crippen molar-refractivity contribution in [3.63, 3.8) is 0 Å². The van der Waals surface area contributed by atoms with E-state index < -0.39 is 0 Å².